The molecular formula is C10H20N2O. The summed E-state index contributed by atoms with van der Waals surface area (Å²) in [6.07, 6.45) is 2.82. The van der Waals surface area contributed by atoms with Crippen LogP contribution in [0.25, 0.3) is 0 Å². The van der Waals surface area contributed by atoms with Crippen molar-refractivity contribution in [3.05, 3.63) is 0 Å². The average molecular weight is 184 g/mol. The van der Waals surface area contributed by atoms with Gasteiger partial charge in [0.1, 0.15) is 0 Å². The van der Waals surface area contributed by atoms with E-state index < -0.39 is 0 Å². The monoisotopic (exact) mass is 184 g/mol. The zero-order valence-corrected chi connectivity index (χ0v) is 8.76. The van der Waals surface area contributed by atoms with Gasteiger partial charge < -0.3 is 11.1 Å². The molecule has 0 aliphatic heterocycles. The number of hydrogen-bond donors (Lipinski definition) is 2. The number of hydrogen-bond acceptors (Lipinski definition) is 2. The van der Waals surface area contributed by atoms with Crippen LogP contribution in [0.15, 0.2) is 0 Å². The molecule has 1 fully saturated rings. The van der Waals surface area contributed by atoms with Crippen LogP contribution in [0.1, 0.15) is 40.0 Å². The fraction of sp³-hybridized carbons (Fsp3) is 0.900. The molecule has 2 unspecified atom stereocenters. The molecule has 1 aliphatic carbocycles. The first-order valence-electron chi connectivity index (χ1n) is 5.03. The first kappa shape index (κ1) is 10.5. The zero-order chi connectivity index (χ0) is 10.1. The Morgan fingerprint density at radius 2 is 2.23 bits per heavy atom. The van der Waals surface area contributed by atoms with Gasteiger partial charge in [0.15, 0.2) is 0 Å². The Balaban J connectivity index is 2.26. The van der Waals surface area contributed by atoms with Gasteiger partial charge in [-0.05, 0) is 18.3 Å². The molecule has 2 atom stereocenters. The van der Waals surface area contributed by atoms with E-state index in [1.54, 1.807) is 0 Å². The molecule has 0 heterocycles. The van der Waals surface area contributed by atoms with Crippen LogP contribution < -0.4 is 11.1 Å². The van der Waals surface area contributed by atoms with E-state index in [9.17, 15) is 4.79 Å². The molecule has 0 spiro atoms. The van der Waals surface area contributed by atoms with Gasteiger partial charge in [-0.25, -0.2) is 0 Å². The van der Waals surface area contributed by atoms with E-state index in [1.165, 1.54) is 0 Å². The van der Waals surface area contributed by atoms with Crippen molar-refractivity contribution in [3.63, 3.8) is 0 Å². The summed E-state index contributed by atoms with van der Waals surface area (Å²) in [6.45, 7) is 6.35. The maximum Gasteiger partial charge on any atom is 0.237 e. The van der Waals surface area contributed by atoms with Crippen molar-refractivity contribution in [2.24, 2.45) is 11.1 Å². The molecule has 0 bridgehead atoms. The summed E-state index contributed by atoms with van der Waals surface area (Å²) < 4.78 is 0. The molecule has 0 aromatic heterocycles. The summed E-state index contributed by atoms with van der Waals surface area (Å²) >= 11 is 0. The number of nitrogens with one attached hydrogen (secondary N) is 1. The summed E-state index contributed by atoms with van der Waals surface area (Å²) in [6, 6.07) is 0.0318. The Bertz CT molecular complexity index is 201. The smallest absolute Gasteiger partial charge is 0.237 e. The highest BCUT2D eigenvalue weighted by molar-refractivity contribution is 5.82. The van der Waals surface area contributed by atoms with Gasteiger partial charge in [-0.2, -0.15) is 0 Å². The minimum absolute atomic E-state index is 0.0115. The van der Waals surface area contributed by atoms with Crippen molar-refractivity contribution in [2.75, 3.05) is 0 Å². The van der Waals surface area contributed by atoms with Gasteiger partial charge in [0.05, 0.1) is 6.04 Å². The van der Waals surface area contributed by atoms with E-state index in [-0.39, 0.29) is 11.9 Å². The third-order valence-corrected chi connectivity index (χ3v) is 2.77. The highest BCUT2D eigenvalue weighted by atomic mass is 16.2. The van der Waals surface area contributed by atoms with Gasteiger partial charge >= 0.3 is 0 Å². The van der Waals surface area contributed by atoms with E-state index in [1.807, 2.05) is 6.92 Å². The zero-order valence-electron chi connectivity index (χ0n) is 8.76. The van der Waals surface area contributed by atoms with Crippen LogP contribution in [0.2, 0.25) is 0 Å². The molecule has 76 valence electrons. The standard InChI is InChI=1S/C10H20N2O/c1-4-5-7(11)9(13)12-8-6-10(8,2)3/h7-8H,4-6,11H2,1-3H3,(H,12,13). The van der Waals surface area contributed by atoms with E-state index in [0.717, 1.165) is 19.3 Å². The summed E-state index contributed by atoms with van der Waals surface area (Å²) in [5, 5.41) is 2.96. The van der Waals surface area contributed by atoms with Gasteiger partial charge in [0.2, 0.25) is 5.91 Å². The molecule has 0 aromatic rings. The summed E-state index contributed by atoms with van der Waals surface area (Å²) in [5.41, 5.74) is 5.97. The molecule has 1 amide bonds. The Kier molecular flexibility index (Phi) is 2.96. The molecule has 13 heavy (non-hydrogen) atoms. The molecular weight excluding hydrogens is 164 g/mol. The second-order valence-corrected chi connectivity index (χ2v) is 4.65. The Hall–Kier alpha value is -0.570. The predicted molar refractivity (Wildman–Crippen MR) is 53.2 cm³/mol. The minimum Gasteiger partial charge on any atom is -0.351 e. The fourth-order valence-electron chi connectivity index (χ4n) is 1.43. The quantitative estimate of drug-likeness (QED) is 0.685. The van der Waals surface area contributed by atoms with Crippen LogP contribution in [0.5, 0.6) is 0 Å². The van der Waals surface area contributed by atoms with E-state index in [4.69, 9.17) is 5.73 Å². The topological polar surface area (TPSA) is 55.1 Å². The second-order valence-electron chi connectivity index (χ2n) is 4.65. The summed E-state index contributed by atoms with van der Waals surface area (Å²) in [7, 11) is 0. The van der Waals surface area contributed by atoms with Crippen molar-refractivity contribution >= 4 is 5.91 Å². The lowest BCUT2D eigenvalue weighted by Crippen LogP contribution is -2.42. The number of carbonyl (C=O) groups excluding carboxylic acids is 1. The molecule has 0 radical (unpaired) electrons. The van der Waals surface area contributed by atoms with Gasteiger partial charge in [-0.1, -0.05) is 27.2 Å². The highest BCUT2D eigenvalue weighted by Gasteiger charge is 2.46. The van der Waals surface area contributed by atoms with Crippen molar-refractivity contribution in [3.8, 4) is 0 Å². The first-order chi connectivity index (χ1) is 5.97. The molecule has 1 rings (SSSR count). The van der Waals surface area contributed by atoms with Crippen LogP contribution in [0.3, 0.4) is 0 Å². The fourth-order valence-corrected chi connectivity index (χ4v) is 1.43. The molecule has 1 saturated carbocycles. The molecule has 3 N–H and O–H groups in total. The van der Waals surface area contributed by atoms with Crippen molar-refractivity contribution in [1.29, 1.82) is 0 Å². The van der Waals surface area contributed by atoms with E-state index >= 15 is 0 Å². The van der Waals surface area contributed by atoms with Gasteiger partial charge in [0, 0.05) is 6.04 Å². The van der Waals surface area contributed by atoms with Crippen molar-refractivity contribution < 1.29 is 4.79 Å². The Labute approximate surface area is 80.1 Å². The molecule has 1 aliphatic rings. The maximum absolute atomic E-state index is 11.4. The number of nitrogens with two attached hydrogens (primary N) is 1. The van der Waals surface area contributed by atoms with Gasteiger partial charge in [-0.15, -0.1) is 0 Å². The van der Waals surface area contributed by atoms with Gasteiger partial charge in [0.25, 0.3) is 0 Å². The number of rotatable bonds is 4. The van der Waals surface area contributed by atoms with Crippen LogP contribution in [-0.4, -0.2) is 18.0 Å². The summed E-state index contributed by atoms with van der Waals surface area (Å²) in [5.74, 6) is 0.0115. The normalized spacial score (nSPS) is 26.6. The van der Waals surface area contributed by atoms with Crippen LogP contribution >= 0.6 is 0 Å². The van der Waals surface area contributed by atoms with E-state index in [0.29, 0.717) is 11.5 Å². The third kappa shape index (κ3) is 2.69. The highest BCUT2D eigenvalue weighted by Crippen LogP contribution is 2.44. The van der Waals surface area contributed by atoms with Crippen molar-refractivity contribution in [2.45, 2.75) is 52.1 Å². The van der Waals surface area contributed by atoms with E-state index in [2.05, 4.69) is 19.2 Å². The second kappa shape index (κ2) is 3.66. The first-order valence-corrected chi connectivity index (χ1v) is 5.03. The van der Waals surface area contributed by atoms with Gasteiger partial charge in [-0.3, -0.25) is 4.79 Å². The molecule has 0 aromatic carbocycles. The largest absolute Gasteiger partial charge is 0.351 e. The maximum atomic E-state index is 11.4. The van der Waals surface area contributed by atoms with Crippen molar-refractivity contribution in [1.82, 2.24) is 5.32 Å². The SMILES string of the molecule is CCCC(N)C(=O)NC1CC1(C)C. The Morgan fingerprint density at radius 1 is 1.69 bits per heavy atom. The van der Waals surface area contributed by atoms with Crippen LogP contribution in [0.4, 0.5) is 0 Å². The number of amides is 1. The van der Waals surface area contributed by atoms with Crippen LogP contribution in [0, 0.1) is 5.41 Å². The Morgan fingerprint density at radius 3 is 2.62 bits per heavy atom. The lowest BCUT2D eigenvalue weighted by molar-refractivity contribution is -0.122. The average Bonchev–Trinajstić information content (AvgIpc) is 2.59. The lowest BCUT2D eigenvalue weighted by Gasteiger charge is -2.11. The molecule has 0 saturated heterocycles. The number of carbonyl (C=O) groups is 1. The predicted octanol–water partition coefficient (Wildman–Crippen LogP) is 1.03. The van der Waals surface area contributed by atoms with Crippen LogP contribution in [-0.2, 0) is 4.79 Å². The lowest BCUT2D eigenvalue weighted by atomic mass is 10.1. The third-order valence-electron chi connectivity index (χ3n) is 2.77. The minimum atomic E-state index is -0.318. The summed E-state index contributed by atoms with van der Waals surface area (Å²) in [4.78, 5) is 11.4. The molecule has 3 heteroatoms. The molecule has 3 nitrogen and oxygen atoms in total.